The van der Waals surface area contributed by atoms with Gasteiger partial charge in [0, 0.05) is 6.54 Å². The predicted octanol–water partition coefficient (Wildman–Crippen LogP) is 1.69. The van der Waals surface area contributed by atoms with E-state index in [1.807, 2.05) is 0 Å². The first-order chi connectivity index (χ1) is 8.29. The Balaban J connectivity index is 2.41. The molecule has 1 aromatic rings. The fourth-order valence-electron chi connectivity index (χ4n) is 1.35. The maximum absolute atomic E-state index is 10.7. The second-order valence-electron chi connectivity index (χ2n) is 3.81. The molecule has 0 saturated heterocycles. The van der Waals surface area contributed by atoms with Crippen molar-refractivity contribution in [3.05, 3.63) is 26.6 Å². The van der Waals surface area contributed by atoms with E-state index in [4.69, 9.17) is 5.14 Å². The summed E-state index contributed by atoms with van der Waals surface area (Å²) >= 11 is 6.48. The van der Waals surface area contributed by atoms with Crippen LogP contribution in [0.1, 0.15) is 12.0 Å². The van der Waals surface area contributed by atoms with Crippen molar-refractivity contribution in [3.8, 4) is 5.75 Å². The van der Waals surface area contributed by atoms with Crippen LogP contribution in [-0.2, 0) is 16.6 Å². The van der Waals surface area contributed by atoms with E-state index in [1.165, 1.54) is 0 Å². The topological polar surface area (TPSA) is 92.4 Å². The zero-order chi connectivity index (χ0) is 13.8. The van der Waals surface area contributed by atoms with E-state index in [0.29, 0.717) is 28.5 Å². The van der Waals surface area contributed by atoms with E-state index in [-0.39, 0.29) is 11.5 Å². The second kappa shape index (κ2) is 6.85. The molecule has 1 rings (SSSR count). The standard InChI is InChI=1S/C10H14Br2N2O3S/c11-8-4-7(5-9(12)10(8)15)6-14-2-1-3-18(13,16)17/h4-5,14-15H,1-3,6H2,(H2,13,16,17). The number of hydrogen-bond donors (Lipinski definition) is 3. The van der Waals surface area contributed by atoms with Crippen LogP contribution in [0.3, 0.4) is 0 Å². The number of halogens is 2. The van der Waals surface area contributed by atoms with Gasteiger partial charge in [-0.1, -0.05) is 0 Å². The van der Waals surface area contributed by atoms with Gasteiger partial charge in [-0.25, -0.2) is 13.6 Å². The number of nitrogens with two attached hydrogens (primary N) is 1. The molecule has 0 atom stereocenters. The summed E-state index contributed by atoms with van der Waals surface area (Å²) in [5.74, 6) is 0.135. The first-order valence-electron chi connectivity index (χ1n) is 5.17. The average Bonchev–Trinajstić information content (AvgIpc) is 2.23. The molecular formula is C10H14Br2N2O3S. The molecule has 0 radical (unpaired) electrons. The average molecular weight is 402 g/mol. The van der Waals surface area contributed by atoms with Crippen molar-refractivity contribution in [1.29, 1.82) is 0 Å². The largest absolute Gasteiger partial charge is 0.506 e. The van der Waals surface area contributed by atoms with Crippen molar-refractivity contribution in [2.75, 3.05) is 12.3 Å². The first kappa shape index (κ1) is 15.9. The Morgan fingerprint density at radius 1 is 1.28 bits per heavy atom. The highest BCUT2D eigenvalue weighted by Gasteiger charge is 2.06. The number of hydrogen-bond acceptors (Lipinski definition) is 4. The molecular weight excluding hydrogens is 388 g/mol. The van der Waals surface area contributed by atoms with Crippen LogP contribution in [0.5, 0.6) is 5.75 Å². The molecule has 0 aliphatic carbocycles. The first-order valence-corrected chi connectivity index (χ1v) is 8.48. The van der Waals surface area contributed by atoms with Crippen LogP contribution < -0.4 is 10.5 Å². The van der Waals surface area contributed by atoms with E-state index >= 15 is 0 Å². The summed E-state index contributed by atoms with van der Waals surface area (Å²) in [6.45, 7) is 1.15. The van der Waals surface area contributed by atoms with E-state index in [1.54, 1.807) is 12.1 Å². The molecule has 1 aromatic carbocycles. The molecule has 18 heavy (non-hydrogen) atoms. The second-order valence-corrected chi connectivity index (χ2v) is 7.25. The lowest BCUT2D eigenvalue weighted by Crippen LogP contribution is -2.22. The summed E-state index contributed by atoms with van der Waals surface area (Å²) < 4.78 is 22.6. The number of primary sulfonamides is 1. The summed E-state index contributed by atoms with van der Waals surface area (Å²) in [4.78, 5) is 0. The third-order valence-electron chi connectivity index (χ3n) is 2.19. The zero-order valence-corrected chi connectivity index (χ0v) is 13.5. The molecule has 8 heteroatoms. The number of aromatic hydroxyl groups is 1. The van der Waals surface area contributed by atoms with Crippen LogP contribution in [0.2, 0.25) is 0 Å². The molecule has 0 aromatic heterocycles. The number of phenols is 1. The number of benzene rings is 1. The quantitative estimate of drug-likeness (QED) is 0.632. The van der Waals surface area contributed by atoms with Crippen molar-refractivity contribution >= 4 is 41.9 Å². The monoisotopic (exact) mass is 400 g/mol. The van der Waals surface area contributed by atoms with Gasteiger partial charge in [-0.15, -0.1) is 0 Å². The van der Waals surface area contributed by atoms with Gasteiger partial charge >= 0.3 is 0 Å². The van der Waals surface area contributed by atoms with Gasteiger partial charge in [0.25, 0.3) is 0 Å². The smallest absolute Gasteiger partial charge is 0.209 e. The van der Waals surface area contributed by atoms with E-state index < -0.39 is 10.0 Å². The fraction of sp³-hybridized carbons (Fsp3) is 0.400. The highest BCUT2D eigenvalue weighted by atomic mass is 79.9. The van der Waals surface area contributed by atoms with Crippen LogP contribution in [-0.4, -0.2) is 25.8 Å². The number of rotatable bonds is 6. The Bertz CT molecular complexity index is 497. The SMILES string of the molecule is NS(=O)(=O)CCCNCc1cc(Br)c(O)c(Br)c1. The van der Waals surface area contributed by atoms with Crippen LogP contribution in [0, 0.1) is 0 Å². The van der Waals surface area contributed by atoms with Crippen molar-refractivity contribution in [2.45, 2.75) is 13.0 Å². The Morgan fingerprint density at radius 3 is 2.33 bits per heavy atom. The maximum Gasteiger partial charge on any atom is 0.209 e. The minimum Gasteiger partial charge on any atom is -0.506 e. The minimum absolute atomic E-state index is 0.0248. The lowest BCUT2D eigenvalue weighted by molar-refractivity contribution is 0.468. The van der Waals surface area contributed by atoms with Crippen molar-refractivity contribution in [3.63, 3.8) is 0 Å². The minimum atomic E-state index is -3.38. The molecule has 0 saturated carbocycles. The molecule has 5 nitrogen and oxygen atoms in total. The summed E-state index contributed by atoms with van der Waals surface area (Å²) in [7, 11) is -3.38. The molecule has 0 amide bonds. The Morgan fingerprint density at radius 2 is 1.83 bits per heavy atom. The number of phenolic OH excluding ortho intramolecular Hbond substituents is 1. The zero-order valence-electron chi connectivity index (χ0n) is 9.49. The van der Waals surface area contributed by atoms with Gasteiger partial charge < -0.3 is 10.4 Å². The van der Waals surface area contributed by atoms with Crippen LogP contribution >= 0.6 is 31.9 Å². The normalized spacial score (nSPS) is 11.7. The van der Waals surface area contributed by atoms with Gasteiger partial charge in [-0.3, -0.25) is 0 Å². The molecule has 0 aliphatic rings. The summed E-state index contributed by atoms with van der Waals surface area (Å²) in [5.41, 5.74) is 0.974. The predicted molar refractivity (Wildman–Crippen MR) is 77.8 cm³/mol. The molecule has 0 aliphatic heterocycles. The molecule has 102 valence electrons. The molecule has 0 fully saturated rings. The highest BCUT2D eigenvalue weighted by Crippen LogP contribution is 2.33. The van der Waals surface area contributed by atoms with E-state index in [9.17, 15) is 13.5 Å². The highest BCUT2D eigenvalue weighted by molar-refractivity contribution is 9.11. The molecule has 0 spiro atoms. The van der Waals surface area contributed by atoms with Gasteiger partial charge in [0.1, 0.15) is 5.75 Å². The van der Waals surface area contributed by atoms with Crippen molar-refractivity contribution in [1.82, 2.24) is 5.32 Å². The molecule has 0 bridgehead atoms. The van der Waals surface area contributed by atoms with Gasteiger partial charge in [-0.2, -0.15) is 0 Å². The van der Waals surface area contributed by atoms with Crippen LogP contribution in [0.4, 0.5) is 0 Å². The lowest BCUT2D eigenvalue weighted by Gasteiger charge is -2.07. The number of sulfonamides is 1. The Hall–Kier alpha value is -0.150. The maximum atomic E-state index is 10.7. The summed E-state index contributed by atoms with van der Waals surface area (Å²) in [5, 5.41) is 17.5. The summed E-state index contributed by atoms with van der Waals surface area (Å²) in [6, 6.07) is 3.60. The van der Waals surface area contributed by atoms with Gasteiger partial charge in [-0.05, 0) is 62.5 Å². The molecule has 0 heterocycles. The van der Waals surface area contributed by atoms with E-state index in [0.717, 1.165) is 5.56 Å². The third-order valence-corrected chi connectivity index (χ3v) is 4.25. The van der Waals surface area contributed by atoms with Crippen molar-refractivity contribution in [2.24, 2.45) is 5.14 Å². The Kier molecular flexibility index (Phi) is 6.06. The number of nitrogens with one attached hydrogen (secondary N) is 1. The van der Waals surface area contributed by atoms with Crippen molar-refractivity contribution < 1.29 is 13.5 Å². The van der Waals surface area contributed by atoms with Crippen LogP contribution in [0.25, 0.3) is 0 Å². The summed E-state index contributed by atoms with van der Waals surface area (Å²) in [6.07, 6.45) is 0.471. The lowest BCUT2D eigenvalue weighted by atomic mass is 10.2. The van der Waals surface area contributed by atoms with Gasteiger partial charge in [0.05, 0.1) is 14.7 Å². The van der Waals surface area contributed by atoms with Gasteiger partial charge in [0.15, 0.2) is 0 Å². The van der Waals surface area contributed by atoms with E-state index in [2.05, 4.69) is 37.2 Å². The Labute approximate surface area is 123 Å². The van der Waals surface area contributed by atoms with Gasteiger partial charge in [0.2, 0.25) is 10.0 Å². The van der Waals surface area contributed by atoms with Crippen LogP contribution in [0.15, 0.2) is 21.1 Å². The molecule has 4 N–H and O–H groups in total. The molecule has 0 unspecified atom stereocenters. The third kappa shape index (κ3) is 5.66. The fourth-order valence-corrected chi connectivity index (χ4v) is 3.18.